The minimum Gasteiger partial charge on any atom is -0.478 e. The Morgan fingerprint density at radius 1 is 1.17 bits per heavy atom. The van der Waals surface area contributed by atoms with Crippen LogP contribution in [-0.4, -0.2) is 26.1 Å². The van der Waals surface area contributed by atoms with E-state index in [0.717, 1.165) is 11.1 Å². The van der Waals surface area contributed by atoms with Gasteiger partial charge in [-0.2, -0.15) is 10.2 Å². The average Bonchev–Trinajstić information content (AvgIpc) is 3.23. The summed E-state index contributed by atoms with van der Waals surface area (Å²) in [6.45, 7) is 3.77. The molecule has 2 aromatic carbocycles. The van der Waals surface area contributed by atoms with Gasteiger partial charge in [-0.15, -0.1) is 4.80 Å². The van der Waals surface area contributed by atoms with Gasteiger partial charge in [0.2, 0.25) is 5.88 Å². The zero-order chi connectivity index (χ0) is 20.5. The summed E-state index contributed by atoms with van der Waals surface area (Å²) in [6.07, 6.45) is 2.99. The first-order valence-electron chi connectivity index (χ1n) is 8.98. The van der Waals surface area contributed by atoms with Crippen molar-refractivity contribution < 1.29 is 14.3 Å². The molecule has 0 aliphatic carbocycles. The van der Waals surface area contributed by atoms with E-state index in [1.165, 1.54) is 29.3 Å². The molecule has 0 aliphatic heterocycles. The number of carbonyl (C=O) groups is 1. The van der Waals surface area contributed by atoms with Gasteiger partial charge in [-0.25, -0.2) is 4.79 Å². The molecule has 0 fully saturated rings. The van der Waals surface area contributed by atoms with Crippen LogP contribution in [0.5, 0.6) is 0 Å². The maximum Gasteiger partial charge on any atom is 0.337 e. The third kappa shape index (κ3) is 3.47. The Labute approximate surface area is 165 Å². The minimum absolute atomic E-state index is 0.166. The zero-order valence-electron chi connectivity index (χ0n) is 15.8. The molecule has 2 N–H and O–H groups in total. The number of carboxylic acids is 1. The predicted molar refractivity (Wildman–Crippen MR) is 108 cm³/mol. The molecule has 1 unspecified atom stereocenters. The molecule has 1 atom stereocenters. The SMILES string of the molecule is Cc1cc(C(C)Nc2ccccc2C(=O)O)c2oc(-n3nccn3)cc(=O)c2c1. The molecule has 8 heteroatoms. The lowest BCUT2D eigenvalue weighted by Gasteiger charge is -2.19. The second-order valence-electron chi connectivity index (χ2n) is 6.72. The number of carboxylic acid groups (broad SMARTS) is 1. The molecular formula is C21H18N4O4. The quantitative estimate of drug-likeness (QED) is 0.536. The second kappa shape index (κ2) is 7.23. The Kier molecular flexibility index (Phi) is 4.59. The average molecular weight is 390 g/mol. The summed E-state index contributed by atoms with van der Waals surface area (Å²) < 4.78 is 5.99. The molecule has 0 saturated carbocycles. The molecule has 0 aliphatic rings. The number of nitrogens with zero attached hydrogens (tertiary/aromatic N) is 3. The van der Waals surface area contributed by atoms with E-state index in [0.29, 0.717) is 16.7 Å². The van der Waals surface area contributed by atoms with E-state index < -0.39 is 5.97 Å². The van der Waals surface area contributed by atoms with E-state index in [1.807, 2.05) is 19.9 Å². The number of para-hydroxylation sites is 1. The lowest BCUT2D eigenvalue weighted by Crippen LogP contribution is -2.13. The number of hydrogen-bond acceptors (Lipinski definition) is 6. The Morgan fingerprint density at radius 2 is 1.90 bits per heavy atom. The molecule has 146 valence electrons. The first kappa shape index (κ1) is 18.4. The van der Waals surface area contributed by atoms with Gasteiger partial charge in [0.05, 0.1) is 35.5 Å². The van der Waals surface area contributed by atoms with Crippen molar-refractivity contribution in [3.63, 3.8) is 0 Å². The highest BCUT2D eigenvalue weighted by Crippen LogP contribution is 2.29. The molecular weight excluding hydrogens is 372 g/mol. The summed E-state index contributed by atoms with van der Waals surface area (Å²) in [6, 6.07) is 11.4. The molecule has 0 bridgehead atoms. The van der Waals surface area contributed by atoms with Crippen molar-refractivity contribution in [1.29, 1.82) is 0 Å². The van der Waals surface area contributed by atoms with Crippen LogP contribution in [0.1, 0.15) is 34.5 Å². The van der Waals surface area contributed by atoms with Crippen LogP contribution in [0.2, 0.25) is 0 Å². The summed E-state index contributed by atoms with van der Waals surface area (Å²) in [4.78, 5) is 25.4. The van der Waals surface area contributed by atoms with Crippen molar-refractivity contribution in [2.45, 2.75) is 19.9 Å². The van der Waals surface area contributed by atoms with Crippen LogP contribution in [0, 0.1) is 6.92 Å². The predicted octanol–water partition coefficient (Wildman–Crippen LogP) is 3.55. The van der Waals surface area contributed by atoms with Crippen LogP contribution in [0.25, 0.3) is 16.9 Å². The van der Waals surface area contributed by atoms with E-state index in [4.69, 9.17) is 4.42 Å². The van der Waals surface area contributed by atoms with Gasteiger partial charge >= 0.3 is 5.97 Å². The molecule has 0 saturated heterocycles. The number of nitrogens with one attached hydrogen (secondary N) is 1. The standard InChI is InChI=1S/C21H18N4O4/c1-12-9-15(13(2)24-17-6-4-3-5-14(17)21(27)28)20-16(10-12)18(26)11-19(29-20)25-22-7-8-23-25/h3-11,13,24H,1-2H3,(H,27,28). The molecule has 2 heterocycles. The molecule has 0 spiro atoms. The zero-order valence-corrected chi connectivity index (χ0v) is 15.8. The molecule has 4 rings (SSSR count). The van der Waals surface area contributed by atoms with E-state index >= 15 is 0 Å². The van der Waals surface area contributed by atoms with Crippen molar-refractivity contribution in [2.75, 3.05) is 5.32 Å². The van der Waals surface area contributed by atoms with Crippen LogP contribution in [0.15, 0.2) is 64.1 Å². The normalized spacial score (nSPS) is 12.1. The summed E-state index contributed by atoms with van der Waals surface area (Å²) in [5.41, 5.74) is 2.47. The molecule has 29 heavy (non-hydrogen) atoms. The lowest BCUT2D eigenvalue weighted by atomic mass is 10.0. The number of aromatic nitrogens is 3. The fraction of sp³-hybridized carbons (Fsp3) is 0.143. The highest BCUT2D eigenvalue weighted by molar-refractivity contribution is 5.94. The van der Waals surface area contributed by atoms with Gasteiger partial charge in [-0.05, 0) is 37.6 Å². The van der Waals surface area contributed by atoms with E-state index in [9.17, 15) is 14.7 Å². The van der Waals surface area contributed by atoms with E-state index in [2.05, 4.69) is 15.5 Å². The van der Waals surface area contributed by atoms with Gasteiger partial charge in [-0.1, -0.05) is 18.2 Å². The number of aryl methyl sites for hydroxylation is 1. The first-order valence-corrected chi connectivity index (χ1v) is 8.98. The van der Waals surface area contributed by atoms with Crippen molar-refractivity contribution in [3.8, 4) is 5.88 Å². The minimum atomic E-state index is -1.02. The van der Waals surface area contributed by atoms with Crippen molar-refractivity contribution >= 4 is 22.6 Å². The molecule has 0 radical (unpaired) electrons. The van der Waals surface area contributed by atoms with Gasteiger partial charge in [0.15, 0.2) is 5.43 Å². The Morgan fingerprint density at radius 3 is 2.62 bits per heavy atom. The van der Waals surface area contributed by atoms with Crippen LogP contribution in [-0.2, 0) is 0 Å². The molecule has 2 aromatic heterocycles. The van der Waals surface area contributed by atoms with Gasteiger partial charge in [-0.3, -0.25) is 4.79 Å². The van der Waals surface area contributed by atoms with Crippen molar-refractivity contribution in [3.05, 3.63) is 81.8 Å². The van der Waals surface area contributed by atoms with Crippen LogP contribution in [0.3, 0.4) is 0 Å². The number of fused-ring (bicyclic) bond motifs is 1. The second-order valence-corrected chi connectivity index (χ2v) is 6.72. The van der Waals surface area contributed by atoms with E-state index in [1.54, 1.807) is 24.3 Å². The first-order chi connectivity index (χ1) is 13.9. The van der Waals surface area contributed by atoms with Gasteiger partial charge in [0.25, 0.3) is 0 Å². The largest absolute Gasteiger partial charge is 0.478 e. The number of rotatable bonds is 5. The van der Waals surface area contributed by atoms with Crippen molar-refractivity contribution in [1.82, 2.24) is 15.0 Å². The smallest absolute Gasteiger partial charge is 0.337 e. The Balaban J connectivity index is 1.84. The topological polar surface area (TPSA) is 110 Å². The number of anilines is 1. The van der Waals surface area contributed by atoms with Crippen LogP contribution < -0.4 is 10.7 Å². The summed E-state index contributed by atoms with van der Waals surface area (Å²) in [5.74, 6) is -0.816. The third-order valence-corrected chi connectivity index (χ3v) is 4.60. The van der Waals surface area contributed by atoms with E-state index in [-0.39, 0.29) is 22.9 Å². The third-order valence-electron chi connectivity index (χ3n) is 4.60. The fourth-order valence-electron chi connectivity index (χ4n) is 3.28. The van der Waals surface area contributed by atoms with Gasteiger partial charge < -0.3 is 14.8 Å². The Bertz CT molecular complexity index is 1260. The monoisotopic (exact) mass is 390 g/mol. The Hall–Kier alpha value is -3.94. The summed E-state index contributed by atoms with van der Waals surface area (Å²) >= 11 is 0. The van der Waals surface area contributed by atoms with Gasteiger partial charge in [0, 0.05) is 11.3 Å². The number of benzene rings is 2. The maximum absolute atomic E-state index is 12.7. The number of hydrogen-bond donors (Lipinski definition) is 2. The van der Waals surface area contributed by atoms with Crippen LogP contribution in [0.4, 0.5) is 5.69 Å². The van der Waals surface area contributed by atoms with Gasteiger partial charge in [0.1, 0.15) is 5.58 Å². The highest BCUT2D eigenvalue weighted by Gasteiger charge is 2.18. The van der Waals surface area contributed by atoms with Crippen molar-refractivity contribution in [2.24, 2.45) is 0 Å². The number of aromatic carboxylic acids is 1. The summed E-state index contributed by atoms with van der Waals surface area (Å²) in [7, 11) is 0. The van der Waals surface area contributed by atoms with Crippen LogP contribution >= 0.6 is 0 Å². The summed E-state index contributed by atoms with van der Waals surface area (Å²) in [5, 5.41) is 21.1. The molecule has 0 amide bonds. The maximum atomic E-state index is 12.7. The molecule has 8 nitrogen and oxygen atoms in total. The fourth-order valence-corrected chi connectivity index (χ4v) is 3.28. The highest BCUT2D eigenvalue weighted by atomic mass is 16.4. The molecule has 4 aromatic rings. The lowest BCUT2D eigenvalue weighted by molar-refractivity contribution is 0.0698.